The molecule has 0 aromatic heterocycles. The third-order valence-corrected chi connectivity index (χ3v) is 3.91. The fraction of sp³-hybridized carbons (Fsp3) is 0.222. The lowest BCUT2D eigenvalue weighted by Gasteiger charge is -2.14. The molecule has 0 bridgehead atoms. The van der Waals surface area contributed by atoms with E-state index in [0.717, 1.165) is 5.56 Å². The van der Waals surface area contributed by atoms with Crippen molar-refractivity contribution >= 4 is 40.8 Å². The highest BCUT2D eigenvalue weighted by molar-refractivity contribution is 6.31. The highest BCUT2D eigenvalue weighted by atomic mass is 35.5. The normalized spacial score (nSPS) is 11.5. The molecule has 1 N–H and O–H groups in total. The molecule has 25 heavy (non-hydrogen) atoms. The van der Waals surface area contributed by atoms with Crippen molar-refractivity contribution in [3.63, 3.8) is 0 Å². The number of hydrogen-bond donors (Lipinski definition) is 1. The summed E-state index contributed by atoms with van der Waals surface area (Å²) < 4.78 is 10.4. The molecule has 0 radical (unpaired) electrons. The Labute approximate surface area is 155 Å². The van der Waals surface area contributed by atoms with Crippen molar-refractivity contribution in [3.05, 3.63) is 58.1 Å². The number of hydrogen-bond acceptors (Lipinski definition) is 4. The molecule has 2 rings (SSSR count). The number of nitrogens with one attached hydrogen (secondary N) is 1. The van der Waals surface area contributed by atoms with Gasteiger partial charge in [-0.2, -0.15) is 0 Å². The number of ether oxygens (including phenoxy) is 2. The Morgan fingerprint density at radius 3 is 2.60 bits per heavy atom. The van der Waals surface area contributed by atoms with Crippen LogP contribution in [-0.4, -0.2) is 24.6 Å². The summed E-state index contributed by atoms with van der Waals surface area (Å²) in [6.07, 6.45) is -0.970. The van der Waals surface area contributed by atoms with Crippen LogP contribution in [0.2, 0.25) is 10.0 Å². The van der Waals surface area contributed by atoms with E-state index in [4.69, 9.17) is 32.7 Å². The molecule has 7 heteroatoms. The van der Waals surface area contributed by atoms with Gasteiger partial charge in [-0.05, 0) is 55.8 Å². The summed E-state index contributed by atoms with van der Waals surface area (Å²) >= 11 is 11.8. The molecule has 0 saturated carbocycles. The second kappa shape index (κ2) is 8.74. The summed E-state index contributed by atoms with van der Waals surface area (Å²) in [7, 11) is 0. The Kier molecular flexibility index (Phi) is 6.67. The standard InChI is InChI=1S/C18H17Cl2NO4/c1-11-8-15(6-7-16(11)20)24-10-17(22)25-12(2)18(23)21-14-5-3-4-13(19)9-14/h3-9,12H,10H2,1-2H3,(H,21,23)/t12-/m0/s1. The number of rotatable bonds is 6. The molecule has 1 atom stereocenters. The van der Waals surface area contributed by atoms with Crippen LogP contribution < -0.4 is 10.1 Å². The Bertz CT molecular complexity index is 779. The van der Waals surface area contributed by atoms with Gasteiger partial charge < -0.3 is 14.8 Å². The average Bonchev–Trinajstić information content (AvgIpc) is 2.56. The molecule has 0 aliphatic carbocycles. The fourth-order valence-electron chi connectivity index (χ4n) is 1.94. The maximum absolute atomic E-state index is 12.0. The lowest BCUT2D eigenvalue weighted by molar-refractivity contribution is -0.155. The fourth-order valence-corrected chi connectivity index (χ4v) is 2.25. The quantitative estimate of drug-likeness (QED) is 0.759. The predicted molar refractivity (Wildman–Crippen MR) is 97.3 cm³/mol. The second-order valence-electron chi connectivity index (χ2n) is 5.33. The SMILES string of the molecule is Cc1cc(OCC(=O)O[C@@H](C)C(=O)Nc2cccc(Cl)c2)ccc1Cl. The molecule has 0 spiro atoms. The maximum Gasteiger partial charge on any atom is 0.344 e. The number of amides is 1. The van der Waals surface area contributed by atoms with Crippen molar-refractivity contribution in [2.24, 2.45) is 0 Å². The zero-order valence-corrected chi connectivity index (χ0v) is 15.2. The smallest absolute Gasteiger partial charge is 0.344 e. The van der Waals surface area contributed by atoms with Gasteiger partial charge in [-0.1, -0.05) is 29.3 Å². The summed E-state index contributed by atoms with van der Waals surface area (Å²) in [5.41, 5.74) is 1.36. The van der Waals surface area contributed by atoms with Crippen LogP contribution in [0, 0.1) is 6.92 Å². The molecule has 2 aromatic rings. The van der Waals surface area contributed by atoms with E-state index in [9.17, 15) is 9.59 Å². The van der Waals surface area contributed by atoms with Gasteiger partial charge >= 0.3 is 5.97 Å². The minimum absolute atomic E-state index is 0.310. The number of anilines is 1. The first-order valence-corrected chi connectivity index (χ1v) is 8.25. The molecule has 132 valence electrons. The van der Waals surface area contributed by atoms with Crippen LogP contribution in [0.3, 0.4) is 0 Å². The van der Waals surface area contributed by atoms with Crippen LogP contribution in [0.25, 0.3) is 0 Å². The molecule has 5 nitrogen and oxygen atoms in total. The van der Waals surface area contributed by atoms with Crippen LogP contribution in [-0.2, 0) is 14.3 Å². The van der Waals surface area contributed by atoms with E-state index < -0.39 is 18.0 Å². The van der Waals surface area contributed by atoms with Crippen molar-refractivity contribution in [2.75, 3.05) is 11.9 Å². The van der Waals surface area contributed by atoms with E-state index in [-0.39, 0.29) is 6.61 Å². The summed E-state index contributed by atoms with van der Waals surface area (Å²) in [5.74, 6) is -0.616. The minimum atomic E-state index is -0.970. The average molecular weight is 382 g/mol. The molecule has 0 aliphatic rings. The highest BCUT2D eigenvalue weighted by Gasteiger charge is 2.18. The highest BCUT2D eigenvalue weighted by Crippen LogP contribution is 2.21. The van der Waals surface area contributed by atoms with E-state index in [1.54, 1.807) is 42.5 Å². The molecular formula is C18H17Cl2NO4. The molecule has 2 aromatic carbocycles. The molecule has 0 aliphatic heterocycles. The first-order valence-electron chi connectivity index (χ1n) is 7.50. The van der Waals surface area contributed by atoms with Gasteiger partial charge in [0.05, 0.1) is 0 Å². The Morgan fingerprint density at radius 2 is 1.92 bits per heavy atom. The topological polar surface area (TPSA) is 64.6 Å². The third kappa shape index (κ3) is 5.96. The van der Waals surface area contributed by atoms with E-state index in [1.807, 2.05) is 6.92 Å². The van der Waals surface area contributed by atoms with Gasteiger partial charge in [-0.25, -0.2) is 4.79 Å². The Hall–Kier alpha value is -2.24. The second-order valence-corrected chi connectivity index (χ2v) is 6.17. The van der Waals surface area contributed by atoms with Gasteiger partial charge in [-0.3, -0.25) is 4.79 Å². The molecule has 1 amide bonds. The van der Waals surface area contributed by atoms with Gasteiger partial charge in [0.15, 0.2) is 12.7 Å². The number of esters is 1. The van der Waals surface area contributed by atoms with E-state index in [2.05, 4.69) is 5.32 Å². The Balaban J connectivity index is 1.82. The van der Waals surface area contributed by atoms with Gasteiger partial charge in [0.1, 0.15) is 5.75 Å². The molecule has 0 heterocycles. The zero-order chi connectivity index (χ0) is 18.4. The Morgan fingerprint density at radius 1 is 1.16 bits per heavy atom. The van der Waals surface area contributed by atoms with Gasteiger partial charge in [0.2, 0.25) is 0 Å². The lowest BCUT2D eigenvalue weighted by Crippen LogP contribution is -2.31. The molecule has 0 saturated heterocycles. The monoisotopic (exact) mass is 381 g/mol. The zero-order valence-electron chi connectivity index (χ0n) is 13.7. The summed E-state index contributed by atoms with van der Waals surface area (Å²) in [4.78, 5) is 23.8. The first kappa shape index (κ1) is 19.1. The van der Waals surface area contributed by atoms with Crippen LogP contribution in [0.5, 0.6) is 5.75 Å². The van der Waals surface area contributed by atoms with Gasteiger partial charge in [0.25, 0.3) is 5.91 Å². The number of aryl methyl sites for hydroxylation is 1. The van der Waals surface area contributed by atoms with E-state index in [0.29, 0.717) is 21.5 Å². The number of carbonyl (C=O) groups is 2. The van der Waals surface area contributed by atoms with Crippen molar-refractivity contribution < 1.29 is 19.1 Å². The number of carbonyl (C=O) groups excluding carboxylic acids is 2. The minimum Gasteiger partial charge on any atom is -0.482 e. The van der Waals surface area contributed by atoms with Crippen LogP contribution in [0.15, 0.2) is 42.5 Å². The predicted octanol–water partition coefficient (Wildman–Crippen LogP) is 4.25. The van der Waals surface area contributed by atoms with Crippen molar-refractivity contribution in [1.82, 2.24) is 0 Å². The first-order chi connectivity index (χ1) is 11.8. The van der Waals surface area contributed by atoms with Crippen molar-refractivity contribution in [2.45, 2.75) is 20.0 Å². The molecular weight excluding hydrogens is 365 g/mol. The maximum atomic E-state index is 12.0. The number of benzene rings is 2. The summed E-state index contributed by atoms with van der Waals surface area (Å²) in [5, 5.41) is 3.73. The van der Waals surface area contributed by atoms with E-state index >= 15 is 0 Å². The van der Waals surface area contributed by atoms with Crippen LogP contribution in [0.1, 0.15) is 12.5 Å². The largest absolute Gasteiger partial charge is 0.482 e. The van der Waals surface area contributed by atoms with Crippen LogP contribution in [0.4, 0.5) is 5.69 Å². The van der Waals surface area contributed by atoms with Gasteiger partial charge in [-0.15, -0.1) is 0 Å². The third-order valence-electron chi connectivity index (χ3n) is 3.26. The molecule has 0 unspecified atom stereocenters. The summed E-state index contributed by atoms with van der Waals surface area (Å²) in [6.45, 7) is 3.00. The lowest BCUT2D eigenvalue weighted by atomic mass is 10.2. The van der Waals surface area contributed by atoms with Crippen LogP contribution >= 0.6 is 23.2 Å². The molecule has 0 fully saturated rings. The van der Waals surface area contributed by atoms with Crippen molar-refractivity contribution in [3.8, 4) is 5.75 Å². The number of halogens is 2. The van der Waals surface area contributed by atoms with E-state index in [1.165, 1.54) is 6.92 Å². The van der Waals surface area contributed by atoms with Crippen molar-refractivity contribution in [1.29, 1.82) is 0 Å². The van der Waals surface area contributed by atoms with Gasteiger partial charge in [0, 0.05) is 15.7 Å². The summed E-state index contributed by atoms with van der Waals surface area (Å²) in [6, 6.07) is 11.7.